The standard InChI is InChI=1S/C10H17N3O/c1-6-5-9(12-13-10(11)14)8-4-2-3-7(6)8/h6-8H,2-5H2,1H3,(H3,11,13,14)/b12-9+/t6-,7+,8+/m1/s1. The number of hydrazone groups is 1. The molecule has 0 radical (unpaired) electrons. The van der Waals surface area contributed by atoms with Crippen LogP contribution in [0.4, 0.5) is 4.79 Å². The topological polar surface area (TPSA) is 67.5 Å². The van der Waals surface area contributed by atoms with Crippen LogP contribution in [-0.2, 0) is 0 Å². The number of hydrogen-bond donors (Lipinski definition) is 2. The third-order valence-electron chi connectivity index (χ3n) is 3.57. The Hall–Kier alpha value is -1.06. The third-order valence-corrected chi connectivity index (χ3v) is 3.57. The highest BCUT2D eigenvalue weighted by atomic mass is 16.2. The van der Waals surface area contributed by atoms with Crippen molar-refractivity contribution in [1.29, 1.82) is 0 Å². The van der Waals surface area contributed by atoms with Crippen molar-refractivity contribution < 1.29 is 4.79 Å². The first-order valence-corrected chi connectivity index (χ1v) is 5.30. The molecule has 0 saturated heterocycles. The minimum atomic E-state index is -0.563. The van der Waals surface area contributed by atoms with Crippen LogP contribution in [0, 0.1) is 17.8 Å². The molecule has 78 valence electrons. The Bertz CT molecular complexity index is 275. The number of hydrogen-bond acceptors (Lipinski definition) is 2. The largest absolute Gasteiger partial charge is 0.350 e. The average Bonchev–Trinajstić information content (AvgIpc) is 2.67. The number of nitrogens with two attached hydrogens (primary N) is 1. The van der Waals surface area contributed by atoms with E-state index in [9.17, 15) is 4.79 Å². The van der Waals surface area contributed by atoms with Gasteiger partial charge >= 0.3 is 6.03 Å². The molecule has 3 N–H and O–H groups in total. The van der Waals surface area contributed by atoms with Crippen LogP contribution < -0.4 is 11.2 Å². The van der Waals surface area contributed by atoms with Crippen molar-refractivity contribution in [3.05, 3.63) is 0 Å². The summed E-state index contributed by atoms with van der Waals surface area (Å²) >= 11 is 0. The van der Waals surface area contributed by atoms with Crippen LogP contribution in [0.2, 0.25) is 0 Å². The summed E-state index contributed by atoms with van der Waals surface area (Å²) in [5, 5.41) is 4.11. The van der Waals surface area contributed by atoms with Gasteiger partial charge in [0, 0.05) is 11.6 Å². The normalized spacial score (nSPS) is 38.6. The number of carbonyl (C=O) groups excluding carboxylic acids is 1. The molecule has 0 spiro atoms. The molecule has 0 bridgehead atoms. The lowest BCUT2D eigenvalue weighted by Gasteiger charge is -2.11. The first-order chi connectivity index (χ1) is 6.68. The second-order valence-corrected chi connectivity index (χ2v) is 4.46. The fourth-order valence-electron chi connectivity index (χ4n) is 2.97. The molecule has 2 saturated carbocycles. The maximum atomic E-state index is 10.5. The van der Waals surface area contributed by atoms with Crippen LogP contribution in [0.5, 0.6) is 0 Å². The second kappa shape index (κ2) is 3.59. The number of nitrogens with one attached hydrogen (secondary N) is 1. The molecular weight excluding hydrogens is 178 g/mol. The SMILES string of the molecule is C[C@@H]1C/C(=N\NC(N)=O)[C@H]2CCC[C@@H]12. The fourth-order valence-corrected chi connectivity index (χ4v) is 2.97. The van der Waals surface area contributed by atoms with Crippen molar-refractivity contribution in [3.63, 3.8) is 0 Å². The molecule has 2 aliphatic carbocycles. The minimum absolute atomic E-state index is 0.563. The highest BCUT2D eigenvalue weighted by molar-refractivity contribution is 5.90. The average molecular weight is 195 g/mol. The third kappa shape index (κ3) is 1.61. The predicted molar refractivity (Wildman–Crippen MR) is 54.8 cm³/mol. The number of primary amides is 1. The summed E-state index contributed by atoms with van der Waals surface area (Å²) in [6.07, 6.45) is 4.88. The van der Waals surface area contributed by atoms with Gasteiger partial charge < -0.3 is 5.73 Å². The summed E-state index contributed by atoms with van der Waals surface area (Å²) in [6, 6.07) is -0.563. The highest BCUT2D eigenvalue weighted by Gasteiger charge is 2.41. The molecule has 2 rings (SSSR count). The summed E-state index contributed by atoms with van der Waals surface area (Å²) in [4.78, 5) is 10.5. The maximum absolute atomic E-state index is 10.5. The smallest absolute Gasteiger partial charge is 0.332 e. The molecule has 14 heavy (non-hydrogen) atoms. The number of fused-ring (bicyclic) bond motifs is 1. The molecule has 4 heteroatoms. The van der Waals surface area contributed by atoms with Gasteiger partial charge in [-0.2, -0.15) is 5.10 Å². The van der Waals surface area contributed by atoms with Crippen molar-refractivity contribution >= 4 is 11.7 Å². The van der Waals surface area contributed by atoms with E-state index in [0.29, 0.717) is 5.92 Å². The minimum Gasteiger partial charge on any atom is -0.350 e. The highest BCUT2D eigenvalue weighted by Crippen LogP contribution is 2.45. The molecule has 0 aromatic carbocycles. The van der Waals surface area contributed by atoms with Crippen molar-refractivity contribution in [1.82, 2.24) is 5.43 Å². The van der Waals surface area contributed by atoms with E-state index in [1.165, 1.54) is 19.3 Å². The molecule has 2 aliphatic rings. The number of rotatable bonds is 1. The molecular formula is C10H17N3O. The van der Waals surface area contributed by atoms with Crippen molar-refractivity contribution in [2.75, 3.05) is 0 Å². The summed E-state index contributed by atoms with van der Waals surface area (Å²) < 4.78 is 0. The number of urea groups is 1. The Morgan fingerprint density at radius 3 is 3.07 bits per heavy atom. The molecule has 0 aromatic heterocycles. The lowest BCUT2D eigenvalue weighted by atomic mass is 9.94. The van der Waals surface area contributed by atoms with E-state index in [4.69, 9.17) is 5.73 Å². The molecule has 0 aliphatic heterocycles. The molecule has 2 amide bonds. The first-order valence-electron chi connectivity index (χ1n) is 5.30. The monoisotopic (exact) mass is 195 g/mol. The zero-order valence-corrected chi connectivity index (χ0v) is 8.49. The first kappa shape index (κ1) is 9.49. The van der Waals surface area contributed by atoms with Gasteiger partial charge in [-0.1, -0.05) is 13.3 Å². The Morgan fingerprint density at radius 1 is 1.57 bits per heavy atom. The van der Waals surface area contributed by atoms with Crippen LogP contribution in [0.25, 0.3) is 0 Å². The van der Waals surface area contributed by atoms with Crippen molar-refractivity contribution in [2.24, 2.45) is 28.6 Å². The Morgan fingerprint density at radius 2 is 2.36 bits per heavy atom. The maximum Gasteiger partial charge on any atom is 0.332 e. The molecule has 0 aromatic rings. The van der Waals surface area contributed by atoms with E-state index in [1.807, 2.05) is 0 Å². The van der Waals surface area contributed by atoms with Gasteiger partial charge in [-0.25, -0.2) is 10.2 Å². The zero-order valence-electron chi connectivity index (χ0n) is 8.49. The van der Waals surface area contributed by atoms with Crippen LogP contribution in [0.15, 0.2) is 5.10 Å². The van der Waals surface area contributed by atoms with Gasteiger partial charge in [0.15, 0.2) is 0 Å². The van der Waals surface area contributed by atoms with Gasteiger partial charge in [-0.3, -0.25) is 0 Å². The molecule has 3 atom stereocenters. The number of carbonyl (C=O) groups is 1. The Kier molecular flexibility index (Phi) is 2.44. The van der Waals surface area contributed by atoms with E-state index in [0.717, 1.165) is 24.0 Å². The van der Waals surface area contributed by atoms with E-state index < -0.39 is 6.03 Å². The zero-order chi connectivity index (χ0) is 10.1. The van der Waals surface area contributed by atoms with Gasteiger partial charge in [-0.15, -0.1) is 0 Å². The molecule has 0 unspecified atom stereocenters. The quantitative estimate of drug-likeness (QED) is 0.611. The van der Waals surface area contributed by atoms with Gasteiger partial charge in [0.25, 0.3) is 0 Å². The van der Waals surface area contributed by atoms with Gasteiger partial charge in [0.2, 0.25) is 0 Å². The lowest BCUT2D eigenvalue weighted by molar-refractivity contribution is 0.249. The van der Waals surface area contributed by atoms with Crippen LogP contribution >= 0.6 is 0 Å². The van der Waals surface area contributed by atoms with Crippen LogP contribution in [0.3, 0.4) is 0 Å². The lowest BCUT2D eigenvalue weighted by Crippen LogP contribution is -2.26. The Labute approximate surface area is 83.9 Å². The molecule has 2 fully saturated rings. The van der Waals surface area contributed by atoms with E-state index in [1.54, 1.807) is 0 Å². The van der Waals surface area contributed by atoms with Gasteiger partial charge in [0.05, 0.1) is 0 Å². The molecule has 0 heterocycles. The van der Waals surface area contributed by atoms with Gasteiger partial charge in [0.1, 0.15) is 0 Å². The summed E-state index contributed by atoms with van der Waals surface area (Å²) in [6.45, 7) is 2.27. The van der Waals surface area contributed by atoms with Crippen molar-refractivity contribution in [3.8, 4) is 0 Å². The van der Waals surface area contributed by atoms with E-state index in [-0.39, 0.29) is 0 Å². The summed E-state index contributed by atoms with van der Waals surface area (Å²) in [7, 11) is 0. The summed E-state index contributed by atoms with van der Waals surface area (Å²) in [5.41, 5.74) is 8.48. The van der Waals surface area contributed by atoms with Gasteiger partial charge in [-0.05, 0) is 31.1 Å². The van der Waals surface area contributed by atoms with E-state index >= 15 is 0 Å². The van der Waals surface area contributed by atoms with E-state index in [2.05, 4.69) is 17.5 Å². The fraction of sp³-hybridized carbons (Fsp3) is 0.800. The Balaban J connectivity index is 2.06. The number of amides is 2. The number of nitrogens with zero attached hydrogens (tertiary/aromatic N) is 1. The van der Waals surface area contributed by atoms with Crippen molar-refractivity contribution in [2.45, 2.75) is 32.6 Å². The summed E-state index contributed by atoms with van der Waals surface area (Å²) in [5.74, 6) is 2.12. The molecule has 4 nitrogen and oxygen atoms in total. The van der Waals surface area contributed by atoms with Crippen LogP contribution in [0.1, 0.15) is 32.6 Å². The predicted octanol–water partition coefficient (Wildman–Crippen LogP) is 1.47. The second-order valence-electron chi connectivity index (χ2n) is 4.46. The van der Waals surface area contributed by atoms with Crippen LogP contribution in [-0.4, -0.2) is 11.7 Å².